The SMILES string of the molecule is CCCCCCCCCC[Si](C)(O[Si](C)(C)C)O[Si](C)(C)O[SiH](C)C. The van der Waals surface area contributed by atoms with Gasteiger partial charge < -0.3 is 12.3 Å². The Balaban J connectivity index is 4.47. The minimum absolute atomic E-state index is 1.08. The van der Waals surface area contributed by atoms with Gasteiger partial charge in [0.05, 0.1) is 0 Å². The van der Waals surface area contributed by atoms with Gasteiger partial charge in [0.25, 0.3) is 0 Å². The lowest BCUT2D eigenvalue weighted by Crippen LogP contribution is -2.55. The van der Waals surface area contributed by atoms with E-state index in [1.54, 1.807) is 0 Å². The van der Waals surface area contributed by atoms with Crippen molar-refractivity contribution in [2.24, 2.45) is 0 Å². The van der Waals surface area contributed by atoms with Crippen molar-refractivity contribution in [3.8, 4) is 0 Å². The van der Waals surface area contributed by atoms with Crippen molar-refractivity contribution in [2.75, 3.05) is 0 Å². The van der Waals surface area contributed by atoms with Crippen molar-refractivity contribution < 1.29 is 12.3 Å². The molecule has 0 N–H and O–H groups in total. The Kier molecular flexibility index (Phi) is 12.6. The molecule has 0 aromatic rings. The van der Waals surface area contributed by atoms with Crippen LogP contribution in [0.1, 0.15) is 58.3 Å². The summed E-state index contributed by atoms with van der Waals surface area (Å²) in [6.45, 7) is 20.3. The monoisotopic (exact) mass is 422 g/mol. The van der Waals surface area contributed by atoms with Gasteiger partial charge >= 0.3 is 17.1 Å². The van der Waals surface area contributed by atoms with E-state index in [4.69, 9.17) is 12.3 Å². The third kappa shape index (κ3) is 15.5. The molecule has 0 fully saturated rings. The van der Waals surface area contributed by atoms with Crippen LogP contribution < -0.4 is 0 Å². The Morgan fingerprint density at radius 2 is 1.16 bits per heavy atom. The van der Waals surface area contributed by atoms with Crippen LogP contribution in [-0.4, -0.2) is 34.5 Å². The first-order chi connectivity index (χ1) is 11.4. The van der Waals surface area contributed by atoms with Crippen molar-refractivity contribution >= 4 is 34.5 Å². The number of hydrogen-bond donors (Lipinski definition) is 0. The fourth-order valence-electron chi connectivity index (χ4n) is 3.46. The molecule has 0 amide bonds. The summed E-state index contributed by atoms with van der Waals surface area (Å²) in [6.07, 6.45) is 10.8. The molecule has 25 heavy (non-hydrogen) atoms. The van der Waals surface area contributed by atoms with E-state index in [-0.39, 0.29) is 0 Å². The van der Waals surface area contributed by atoms with Gasteiger partial charge in [-0.05, 0) is 58.4 Å². The van der Waals surface area contributed by atoms with Crippen LogP contribution in [0.4, 0.5) is 0 Å². The second kappa shape index (κ2) is 12.3. The predicted octanol–water partition coefficient (Wildman–Crippen LogP) is 6.77. The molecular weight excluding hydrogens is 377 g/mol. The van der Waals surface area contributed by atoms with Crippen molar-refractivity contribution in [3.63, 3.8) is 0 Å². The third-order valence-corrected chi connectivity index (χ3v) is 17.3. The minimum Gasteiger partial charge on any atom is -0.440 e. The van der Waals surface area contributed by atoms with Crippen molar-refractivity contribution in [1.82, 2.24) is 0 Å². The number of rotatable bonds is 15. The third-order valence-electron chi connectivity index (χ3n) is 3.99. The Morgan fingerprint density at radius 1 is 0.680 bits per heavy atom. The van der Waals surface area contributed by atoms with E-state index in [0.717, 1.165) is 6.04 Å². The highest BCUT2D eigenvalue weighted by molar-refractivity contribution is 6.87. The van der Waals surface area contributed by atoms with Gasteiger partial charge in [0.2, 0.25) is 0 Å². The summed E-state index contributed by atoms with van der Waals surface area (Å²) in [5, 5.41) is 0. The van der Waals surface area contributed by atoms with Crippen molar-refractivity contribution in [1.29, 1.82) is 0 Å². The number of hydrogen-bond acceptors (Lipinski definition) is 3. The quantitative estimate of drug-likeness (QED) is 0.215. The molecule has 0 aliphatic rings. The summed E-state index contributed by atoms with van der Waals surface area (Å²) in [7, 11) is -6.90. The molecule has 0 bridgehead atoms. The first-order valence-electron chi connectivity index (χ1n) is 10.5. The molecule has 0 rings (SSSR count). The smallest absolute Gasteiger partial charge is 0.315 e. The molecule has 0 spiro atoms. The summed E-state index contributed by atoms with van der Waals surface area (Å²) in [5.41, 5.74) is 0. The first kappa shape index (κ1) is 25.7. The Labute approximate surface area is 163 Å². The van der Waals surface area contributed by atoms with Crippen LogP contribution in [0, 0.1) is 0 Å². The van der Waals surface area contributed by atoms with E-state index in [9.17, 15) is 0 Å². The first-order valence-corrected chi connectivity index (χ1v) is 22.0. The van der Waals surface area contributed by atoms with Crippen molar-refractivity contribution in [3.05, 3.63) is 0 Å². The van der Waals surface area contributed by atoms with Gasteiger partial charge in [0.15, 0.2) is 17.4 Å². The van der Waals surface area contributed by atoms with Crippen LogP contribution in [-0.2, 0) is 12.3 Å². The Hall–Kier alpha value is 0.748. The summed E-state index contributed by atoms with van der Waals surface area (Å²) < 4.78 is 19.6. The maximum absolute atomic E-state index is 6.67. The average Bonchev–Trinajstić information content (AvgIpc) is 2.37. The highest BCUT2D eigenvalue weighted by Crippen LogP contribution is 2.27. The van der Waals surface area contributed by atoms with Gasteiger partial charge in [0.1, 0.15) is 0 Å². The Bertz CT molecular complexity index is 346. The second-order valence-electron chi connectivity index (χ2n) is 9.24. The summed E-state index contributed by atoms with van der Waals surface area (Å²) >= 11 is 0. The predicted molar refractivity (Wildman–Crippen MR) is 122 cm³/mol. The topological polar surface area (TPSA) is 27.7 Å². The molecule has 0 aromatic heterocycles. The lowest BCUT2D eigenvalue weighted by Gasteiger charge is -2.40. The molecule has 0 saturated carbocycles. The van der Waals surface area contributed by atoms with Gasteiger partial charge in [-0.15, -0.1) is 0 Å². The van der Waals surface area contributed by atoms with E-state index in [1.165, 1.54) is 51.4 Å². The lowest BCUT2D eigenvalue weighted by atomic mass is 10.1. The lowest BCUT2D eigenvalue weighted by molar-refractivity contribution is 0.325. The van der Waals surface area contributed by atoms with Crippen LogP contribution >= 0.6 is 0 Å². The van der Waals surface area contributed by atoms with Crippen LogP contribution in [0.15, 0.2) is 0 Å². The molecule has 7 heteroatoms. The van der Waals surface area contributed by atoms with Crippen molar-refractivity contribution in [2.45, 2.75) is 117 Å². The second-order valence-corrected chi connectivity index (χ2v) is 23.7. The molecule has 0 heterocycles. The van der Waals surface area contributed by atoms with E-state index in [0.29, 0.717) is 0 Å². The zero-order valence-electron chi connectivity index (χ0n) is 18.7. The molecule has 1 unspecified atom stereocenters. The van der Waals surface area contributed by atoms with Gasteiger partial charge in [-0.2, -0.15) is 0 Å². The van der Waals surface area contributed by atoms with Gasteiger partial charge in [-0.3, -0.25) is 0 Å². The molecule has 152 valence electrons. The molecule has 0 aliphatic heterocycles. The van der Waals surface area contributed by atoms with Crippen LogP contribution in [0.5, 0.6) is 0 Å². The van der Waals surface area contributed by atoms with E-state index < -0.39 is 34.5 Å². The van der Waals surface area contributed by atoms with E-state index in [2.05, 4.69) is 59.3 Å². The molecule has 0 radical (unpaired) electrons. The zero-order chi connectivity index (χ0) is 19.6. The fraction of sp³-hybridized carbons (Fsp3) is 1.00. The van der Waals surface area contributed by atoms with Crippen LogP contribution in [0.2, 0.25) is 58.4 Å². The maximum atomic E-state index is 6.67. The van der Waals surface area contributed by atoms with Gasteiger partial charge in [0, 0.05) is 0 Å². The minimum atomic E-state index is -2.15. The standard InChI is InChI=1S/C18H46O3Si4/c1-10-11-12-13-14-15-16-17-18-25(9,20-23(4,5)6)21-24(7,8)19-22(2)3/h22H,10-18H2,1-9H3. The maximum Gasteiger partial charge on any atom is 0.315 e. The fourth-order valence-corrected chi connectivity index (χ4v) is 20.2. The Morgan fingerprint density at radius 3 is 1.60 bits per heavy atom. The summed E-state index contributed by atoms with van der Waals surface area (Å²) in [5.74, 6) is 0. The molecule has 3 nitrogen and oxygen atoms in total. The van der Waals surface area contributed by atoms with Gasteiger partial charge in [-0.1, -0.05) is 58.3 Å². The highest BCUT2D eigenvalue weighted by Gasteiger charge is 2.42. The number of unbranched alkanes of at least 4 members (excludes halogenated alkanes) is 7. The normalized spacial score (nSPS) is 15.6. The summed E-state index contributed by atoms with van der Waals surface area (Å²) in [4.78, 5) is 0. The molecular formula is C18H46O3Si4. The van der Waals surface area contributed by atoms with Crippen LogP contribution in [0.3, 0.4) is 0 Å². The molecule has 0 aliphatic carbocycles. The summed E-state index contributed by atoms with van der Waals surface area (Å²) in [6, 6.07) is 1.12. The molecule has 1 atom stereocenters. The van der Waals surface area contributed by atoms with Gasteiger partial charge in [-0.25, -0.2) is 0 Å². The van der Waals surface area contributed by atoms with Crippen LogP contribution in [0.25, 0.3) is 0 Å². The largest absolute Gasteiger partial charge is 0.440 e. The molecule has 0 aromatic carbocycles. The molecule has 0 saturated heterocycles. The van der Waals surface area contributed by atoms with E-state index in [1.807, 2.05) is 0 Å². The van der Waals surface area contributed by atoms with E-state index >= 15 is 0 Å². The zero-order valence-corrected chi connectivity index (χ0v) is 22.8. The highest BCUT2D eigenvalue weighted by atomic mass is 28.5. The average molecular weight is 423 g/mol.